The Kier molecular flexibility index (Phi) is 4.75. The fourth-order valence-electron chi connectivity index (χ4n) is 8.69. The van der Waals surface area contributed by atoms with E-state index in [0.29, 0.717) is 12.3 Å². The van der Waals surface area contributed by atoms with Crippen molar-refractivity contribution < 1.29 is 19.7 Å². The molecule has 33 heavy (non-hydrogen) atoms. The highest BCUT2D eigenvalue weighted by Crippen LogP contribution is 2.68. The van der Waals surface area contributed by atoms with Crippen molar-refractivity contribution in [3.63, 3.8) is 0 Å². The highest BCUT2D eigenvalue weighted by molar-refractivity contribution is 5.88. The van der Waals surface area contributed by atoms with Gasteiger partial charge >= 0.3 is 0 Å². The van der Waals surface area contributed by atoms with Gasteiger partial charge in [0.2, 0.25) is 5.91 Å². The van der Waals surface area contributed by atoms with Gasteiger partial charge in [-0.15, -0.1) is 0 Å². The standard InChI is InChI=1S/C28H35NO4/c1-13-10-14(2)20-21-19(11-13)33-25-16(4)15(3)22-18(12-17-8-6-5-7-9-17)29-27(32)28(22,23(21)25)26(31)24(20)30/h5-10,13,15,18-26,30-31H,4,11-12H2,1-3H3,(H,29,32). The van der Waals surface area contributed by atoms with Crippen LogP contribution >= 0.6 is 0 Å². The van der Waals surface area contributed by atoms with E-state index in [1.54, 1.807) is 0 Å². The van der Waals surface area contributed by atoms with E-state index >= 15 is 0 Å². The fourth-order valence-corrected chi connectivity index (χ4v) is 8.69. The molecule has 2 saturated heterocycles. The van der Waals surface area contributed by atoms with Crippen molar-refractivity contribution >= 4 is 5.91 Å². The van der Waals surface area contributed by atoms with Crippen LogP contribution < -0.4 is 5.32 Å². The third kappa shape index (κ3) is 2.67. The molecule has 2 saturated carbocycles. The van der Waals surface area contributed by atoms with E-state index in [2.05, 4.69) is 50.9 Å². The second kappa shape index (κ2) is 7.27. The number of nitrogens with one attached hydrogen (secondary N) is 1. The highest BCUT2D eigenvalue weighted by atomic mass is 16.5. The Balaban J connectivity index is 1.50. The summed E-state index contributed by atoms with van der Waals surface area (Å²) in [5.74, 6) is -0.303. The van der Waals surface area contributed by atoms with Gasteiger partial charge in [-0.2, -0.15) is 0 Å². The zero-order chi connectivity index (χ0) is 23.2. The van der Waals surface area contributed by atoms with E-state index in [-0.39, 0.29) is 53.7 Å². The first-order valence-corrected chi connectivity index (χ1v) is 12.5. The van der Waals surface area contributed by atoms with Gasteiger partial charge in [-0.05, 0) is 42.7 Å². The summed E-state index contributed by atoms with van der Waals surface area (Å²) < 4.78 is 6.70. The van der Waals surface area contributed by atoms with E-state index in [9.17, 15) is 15.0 Å². The molecule has 1 amide bonds. The molecule has 176 valence electrons. The van der Waals surface area contributed by atoms with Crippen molar-refractivity contribution in [1.29, 1.82) is 0 Å². The number of amides is 1. The van der Waals surface area contributed by atoms with Crippen LogP contribution in [0.5, 0.6) is 0 Å². The highest BCUT2D eigenvalue weighted by Gasteiger charge is 2.77. The van der Waals surface area contributed by atoms with Crippen molar-refractivity contribution in [2.75, 3.05) is 0 Å². The topological polar surface area (TPSA) is 78.8 Å². The second-order valence-electron chi connectivity index (χ2n) is 11.4. The summed E-state index contributed by atoms with van der Waals surface area (Å²) in [5, 5.41) is 26.7. The van der Waals surface area contributed by atoms with E-state index in [1.165, 1.54) is 0 Å². The van der Waals surface area contributed by atoms with Gasteiger partial charge in [-0.3, -0.25) is 4.79 Å². The summed E-state index contributed by atoms with van der Waals surface area (Å²) in [6.45, 7) is 10.9. The fraction of sp³-hybridized carbons (Fsp3) is 0.607. The van der Waals surface area contributed by atoms with Gasteiger partial charge in [0, 0.05) is 29.7 Å². The zero-order valence-electron chi connectivity index (χ0n) is 19.6. The largest absolute Gasteiger partial charge is 0.390 e. The van der Waals surface area contributed by atoms with Gasteiger partial charge in [0.05, 0.1) is 29.8 Å². The first-order valence-electron chi connectivity index (χ1n) is 12.5. The van der Waals surface area contributed by atoms with Crippen LogP contribution in [0, 0.1) is 40.9 Å². The van der Waals surface area contributed by atoms with Crippen molar-refractivity contribution in [2.24, 2.45) is 40.9 Å². The number of aliphatic hydroxyl groups is 2. The maximum Gasteiger partial charge on any atom is 0.229 e. The molecule has 5 nitrogen and oxygen atoms in total. The lowest BCUT2D eigenvalue weighted by Crippen LogP contribution is -2.68. The normalized spacial score (nSPS) is 50.2. The summed E-state index contributed by atoms with van der Waals surface area (Å²) in [6.07, 6.45) is 1.37. The molecule has 2 aliphatic heterocycles. The summed E-state index contributed by atoms with van der Waals surface area (Å²) in [5.41, 5.74) is 2.25. The molecule has 5 aliphatic rings. The lowest BCUT2D eigenvalue weighted by molar-refractivity contribution is -0.196. The molecule has 2 heterocycles. The van der Waals surface area contributed by atoms with Gasteiger partial charge in [0.1, 0.15) is 0 Å². The van der Waals surface area contributed by atoms with Gasteiger partial charge in [-0.25, -0.2) is 0 Å². The van der Waals surface area contributed by atoms with Crippen LogP contribution in [0.15, 0.2) is 54.1 Å². The number of rotatable bonds is 2. The van der Waals surface area contributed by atoms with Crippen LogP contribution in [0.1, 0.15) is 32.8 Å². The summed E-state index contributed by atoms with van der Waals surface area (Å²) in [7, 11) is 0. The molecule has 3 aliphatic carbocycles. The molecular weight excluding hydrogens is 414 g/mol. The molecule has 1 spiro atoms. The van der Waals surface area contributed by atoms with E-state index < -0.39 is 17.6 Å². The van der Waals surface area contributed by atoms with Crippen LogP contribution in [-0.4, -0.2) is 46.6 Å². The third-order valence-electron chi connectivity index (χ3n) is 9.80. The maximum absolute atomic E-state index is 14.0. The summed E-state index contributed by atoms with van der Waals surface area (Å²) in [6, 6.07) is 10.1. The third-order valence-corrected chi connectivity index (χ3v) is 9.80. The Labute approximate surface area is 195 Å². The molecule has 12 atom stereocenters. The Hall–Kier alpha value is -1.95. The number of hydrogen-bond acceptors (Lipinski definition) is 4. The van der Waals surface area contributed by atoms with E-state index in [1.807, 2.05) is 18.2 Å². The molecule has 4 fully saturated rings. The molecular formula is C28H35NO4. The number of benzene rings is 1. The monoisotopic (exact) mass is 449 g/mol. The molecule has 0 radical (unpaired) electrons. The number of ether oxygens (including phenoxy) is 1. The van der Waals surface area contributed by atoms with Gasteiger partial charge in [0.15, 0.2) is 0 Å². The number of carbonyl (C=O) groups is 1. The quantitative estimate of drug-likeness (QED) is 0.607. The Bertz CT molecular complexity index is 1020. The maximum atomic E-state index is 14.0. The Morgan fingerprint density at radius 3 is 2.64 bits per heavy atom. The molecule has 0 bridgehead atoms. The second-order valence-corrected chi connectivity index (χ2v) is 11.4. The molecule has 6 rings (SSSR count). The SMILES string of the molecule is C=C1C(C)C2C(Cc3ccccc3)NC(=O)C23C(O)C(O)C2C(C)=CC(C)CC4OC1C3C42. The first kappa shape index (κ1) is 21.6. The van der Waals surface area contributed by atoms with Crippen LogP contribution in [0.3, 0.4) is 0 Å². The summed E-state index contributed by atoms with van der Waals surface area (Å²) in [4.78, 5) is 14.0. The molecule has 1 aromatic rings. The molecule has 12 unspecified atom stereocenters. The van der Waals surface area contributed by atoms with Crippen LogP contribution in [0.25, 0.3) is 0 Å². The molecule has 0 aromatic heterocycles. The minimum Gasteiger partial charge on any atom is -0.390 e. The predicted molar refractivity (Wildman–Crippen MR) is 125 cm³/mol. The van der Waals surface area contributed by atoms with Crippen molar-refractivity contribution in [1.82, 2.24) is 5.32 Å². The van der Waals surface area contributed by atoms with Crippen LogP contribution in [-0.2, 0) is 16.0 Å². The first-order chi connectivity index (χ1) is 15.8. The lowest BCUT2D eigenvalue weighted by Gasteiger charge is -2.58. The average molecular weight is 450 g/mol. The summed E-state index contributed by atoms with van der Waals surface area (Å²) >= 11 is 0. The van der Waals surface area contributed by atoms with Crippen molar-refractivity contribution in [2.45, 2.75) is 64.1 Å². The van der Waals surface area contributed by atoms with Gasteiger partial charge in [0.25, 0.3) is 0 Å². The predicted octanol–water partition coefficient (Wildman–Crippen LogP) is 2.87. The number of allylic oxidation sites excluding steroid dienone is 1. The minimum absolute atomic E-state index is 0.00238. The zero-order valence-corrected chi connectivity index (χ0v) is 19.6. The van der Waals surface area contributed by atoms with Crippen LogP contribution in [0.2, 0.25) is 0 Å². The van der Waals surface area contributed by atoms with E-state index in [0.717, 1.165) is 23.1 Å². The lowest BCUT2D eigenvalue weighted by atomic mass is 9.44. The Morgan fingerprint density at radius 1 is 1.18 bits per heavy atom. The smallest absolute Gasteiger partial charge is 0.229 e. The number of aliphatic hydroxyl groups excluding tert-OH is 2. The van der Waals surface area contributed by atoms with Crippen molar-refractivity contribution in [3.05, 3.63) is 59.7 Å². The van der Waals surface area contributed by atoms with Crippen LogP contribution in [0.4, 0.5) is 0 Å². The van der Waals surface area contributed by atoms with Gasteiger partial charge < -0.3 is 20.3 Å². The average Bonchev–Trinajstić information content (AvgIpc) is 3.23. The van der Waals surface area contributed by atoms with E-state index in [4.69, 9.17) is 4.74 Å². The van der Waals surface area contributed by atoms with Gasteiger partial charge in [-0.1, -0.05) is 62.4 Å². The minimum atomic E-state index is -1.13. The van der Waals surface area contributed by atoms with Crippen molar-refractivity contribution in [3.8, 4) is 0 Å². The number of hydrogen-bond donors (Lipinski definition) is 3. The molecule has 3 N–H and O–H groups in total. The Morgan fingerprint density at radius 2 is 1.91 bits per heavy atom. The molecule has 1 aromatic carbocycles. The number of carbonyl (C=O) groups excluding carboxylic acids is 1. The molecule has 5 heteroatoms.